The summed E-state index contributed by atoms with van der Waals surface area (Å²) < 4.78 is 0. The number of hydrogen-bond donors (Lipinski definition) is 1. The first-order valence-corrected chi connectivity index (χ1v) is 6.78. The van der Waals surface area contributed by atoms with Gasteiger partial charge in [0.1, 0.15) is 0 Å². The fourth-order valence-corrected chi connectivity index (χ4v) is 1.70. The molecule has 0 aromatic heterocycles. The summed E-state index contributed by atoms with van der Waals surface area (Å²) in [5.74, 6) is 0. The first kappa shape index (κ1) is 15.9. The van der Waals surface area contributed by atoms with Crippen molar-refractivity contribution in [3.8, 4) is 0 Å². The molecular weight excluding hydrogens is 198 g/mol. The third-order valence-electron chi connectivity index (χ3n) is 2.84. The quantitative estimate of drug-likeness (QED) is 0.544. The number of likely N-dealkylation sites (N-methyl/N-ethyl adjacent to an activating group) is 1. The first-order chi connectivity index (χ1) is 7.70. The monoisotopic (exact) mass is 229 g/mol. The van der Waals surface area contributed by atoms with E-state index in [1.54, 1.807) is 0 Å². The van der Waals surface area contributed by atoms with Crippen LogP contribution in [0.4, 0.5) is 0 Å². The van der Waals surface area contributed by atoms with Crippen LogP contribution in [0.25, 0.3) is 0 Å². The number of unbranched alkanes of at least 4 members (excludes halogenated alkanes) is 1. The van der Waals surface area contributed by atoms with Gasteiger partial charge in [-0.1, -0.05) is 20.3 Å². The Kier molecular flexibility index (Phi) is 11.3. The van der Waals surface area contributed by atoms with Gasteiger partial charge in [0.25, 0.3) is 0 Å². The molecule has 0 fully saturated rings. The maximum absolute atomic E-state index is 3.50. The zero-order chi connectivity index (χ0) is 12.2. The van der Waals surface area contributed by atoms with Gasteiger partial charge in [0.2, 0.25) is 0 Å². The Hall–Kier alpha value is -0.120. The van der Waals surface area contributed by atoms with Gasteiger partial charge < -0.3 is 15.1 Å². The summed E-state index contributed by atoms with van der Waals surface area (Å²) in [6.07, 6.45) is 3.86. The van der Waals surface area contributed by atoms with E-state index in [0.29, 0.717) is 0 Å². The van der Waals surface area contributed by atoms with Crippen LogP contribution < -0.4 is 5.32 Å². The van der Waals surface area contributed by atoms with Gasteiger partial charge in [-0.2, -0.15) is 0 Å². The smallest absolute Gasteiger partial charge is 0.0107 e. The Morgan fingerprint density at radius 1 is 0.875 bits per heavy atom. The lowest BCUT2D eigenvalue weighted by Crippen LogP contribution is -2.34. The second kappa shape index (κ2) is 11.4. The van der Waals surface area contributed by atoms with Crippen molar-refractivity contribution in [1.29, 1.82) is 0 Å². The van der Waals surface area contributed by atoms with E-state index in [-0.39, 0.29) is 0 Å². The summed E-state index contributed by atoms with van der Waals surface area (Å²) in [5.41, 5.74) is 0. The van der Waals surface area contributed by atoms with Crippen molar-refractivity contribution in [2.75, 3.05) is 53.4 Å². The van der Waals surface area contributed by atoms with Crippen molar-refractivity contribution in [2.45, 2.75) is 33.1 Å². The average Bonchev–Trinajstić information content (AvgIpc) is 2.26. The van der Waals surface area contributed by atoms with Gasteiger partial charge >= 0.3 is 0 Å². The Morgan fingerprint density at radius 3 is 2.19 bits per heavy atom. The van der Waals surface area contributed by atoms with Crippen molar-refractivity contribution in [1.82, 2.24) is 15.1 Å². The minimum Gasteiger partial charge on any atom is -0.315 e. The van der Waals surface area contributed by atoms with E-state index in [4.69, 9.17) is 0 Å². The lowest BCUT2D eigenvalue weighted by atomic mass is 10.3. The summed E-state index contributed by atoms with van der Waals surface area (Å²) in [6.45, 7) is 11.6. The topological polar surface area (TPSA) is 18.5 Å². The van der Waals surface area contributed by atoms with E-state index in [1.165, 1.54) is 52.0 Å². The SMILES string of the molecule is CCCCNCCN(CC)CCCN(C)C. The molecule has 0 rings (SSSR count). The lowest BCUT2D eigenvalue weighted by Gasteiger charge is -2.21. The molecule has 0 aliphatic carbocycles. The summed E-state index contributed by atoms with van der Waals surface area (Å²) in [6, 6.07) is 0. The molecule has 0 aromatic rings. The molecule has 0 bridgehead atoms. The van der Waals surface area contributed by atoms with Crippen molar-refractivity contribution in [3.63, 3.8) is 0 Å². The molecule has 0 saturated carbocycles. The van der Waals surface area contributed by atoms with Gasteiger partial charge in [-0.25, -0.2) is 0 Å². The van der Waals surface area contributed by atoms with Gasteiger partial charge in [0.15, 0.2) is 0 Å². The Morgan fingerprint density at radius 2 is 1.62 bits per heavy atom. The van der Waals surface area contributed by atoms with Crippen LogP contribution in [0.5, 0.6) is 0 Å². The number of hydrogen-bond acceptors (Lipinski definition) is 3. The summed E-state index contributed by atoms with van der Waals surface area (Å²) >= 11 is 0. The molecule has 3 heteroatoms. The van der Waals surface area contributed by atoms with Crippen molar-refractivity contribution in [3.05, 3.63) is 0 Å². The molecule has 0 aromatic carbocycles. The average molecular weight is 229 g/mol. The van der Waals surface area contributed by atoms with E-state index < -0.39 is 0 Å². The lowest BCUT2D eigenvalue weighted by molar-refractivity contribution is 0.266. The van der Waals surface area contributed by atoms with E-state index >= 15 is 0 Å². The molecule has 0 heterocycles. The summed E-state index contributed by atoms with van der Waals surface area (Å²) in [5, 5.41) is 3.50. The Bertz CT molecular complexity index is 137. The van der Waals surface area contributed by atoms with Crippen molar-refractivity contribution < 1.29 is 0 Å². The largest absolute Gasteiger partial charge is 0.315 e. The maximum atomic E-state index is 3.50. The van der Waals surface area contributed by atoms with Crippen molar-refractivity contribution >= 4 is 0 Å². The highest BCUT2D eigenvalue weighted by Crippen LogP contribution is 1.92. The van der Waals surface area contributed by atoms with Crippen LogP contribution in [-0.4, -0.2) is 63.2 Å². The Balaban J connectivity index is 3.36. The highest BCUT2D eigenvalue weighted by molar-refractivity contribution is 4.59. The second-order valence-electron chi connectivity index (χ2n) is 4.69. The molecule has 0 radical (unpaired) electrons. The van der Waals surface area contributed by atoms with E-state index in [2.05, 4.69) is 43.1 Å². The highest BCUT2D eigenvalue weighted by atomic mass is 15.1. The minimum atomic E-state index is 1.13. The fraction of sp³-hybridized carbons (Fsp3) is 1.00. The predicted octanol–water partition coefficient (Wildman–Crippen LogP) is 1.65. The third-order valence-corrected chi connectivity index (χ3v) is 2.84. The second-order valence-corrected chi connectivity index (χ2v) is 4.69. The summed E-state index contributed by atoms with van der Waals surface area (Å²) in [7, 11) is 4.28. The van der Waals surface area contributed by atoms with Crippen LogP contribution in [0.1, 0.15) is 33.1 Å². The normalized spacial score (nSPS) is 11.6. The van der Waals surface area contributed by atoms with E-state index in [0.717, 1.165) is 6.54 Å². The molecule has 0 saturated heterocycles. The Labute approximate surface area is 102 Å². The van der Waals surface area contributed by atoms with Gasteiger partial charge in [-0.15, -0.1) is 0 Å². The predicted molar refractivity (Wildman–Crippen MR) is 73.1 cm³/mol. The van der Waals surface area contributed by atoms with Crippen LogP contribution in [0.2, 0.25) is 0 Å². The molecule has 16 heavy (non-hydrogen) atoms. The third kappa shape index (κ3) is 10.4. The molecule has 3 nitrogen and oxygen atoms in total. The standard InChI is InChI=1S/C13H31N3/c1-5-7-9-14-10-13-16(6-2)12-8-11-15(3)4/h14H,5-13H2,1-4H3. The van der Waals surface area contributed by atoms with Gasteiger partial charge in [-0.3, -0.25) is 0 Å². The van der Waals surface area contributed by atoms with Crippen LogP contribution in [0.15, 0.2) is 0 Å². The maximum Gasteiger partial charge on any atom is 0.0107 e. The number of nitrogens with one attached hydrogen (secondary N) is 1. The zero-order valence-corrected chi connectivity index (χ0v) is 11.8. The molecule has 0 atom stereocenters. The zero-order valence-electron chi connectivity index (χ0n) is 11.8. The molecule has 1 N–H and O–H groups in total. The van der Waals surface area contributed by atoms with E-state index in [9.17, 15) is 0 Å². The number of rotatable bonds is 11. The fourth-order valence-electron chi connectivity index (χ4n) is 1.70. The van der Waals surface area contributed by atoms with Gasteiger partial charge in [0.05, 0.1) is 0 Å². The molecular formula is C13H31N3. The highest BCUT2D eigenvalue weighted by Gasteiger charge is 2.01. The van der Waals surface area contributed by atoms with Gasteiger partial charge in [0, 0.05) is 13.1 Å². The first-order valence-electron chi connectivity index (χ1n) is 6.78. The number of nitrogens with zero attached hydrogens (tertiary/aromatic N) is 2. The van der Waals surface area contributed by atoms with Crippen LogP contribution in [0.3, 0.4) is 0 Å². The molecule has 0 aliphatic heterocycles. The minimum absolute atomic E-state index is 1.13. The molecule has 98 valence electrons. The van der Waals surface area contributed by atoms with Gasteiger partial charge in [-0.05, 0) is 53.1 Å². The molecule has 0 spiro atoms. The summed E-state index contributed by atoms with van der Waals surface area (Å²) in [4.78, 5) is 4.79. The molecule has 0 aliphatic rings. The van der Waals surface area contributed by atoms with Crippen LogP contribution >= 0.6 is 0 Å². The molecule has 0 unspecified atom stereocenters. The van der Waals surface area contributed by atoms with Crippen LogP contribution in [-0.2, 0) is 0 Å². The van der Waals surface area contributed by atoms with E-state index in [1.807, 2.05) is 0 Å². The molecule has 0 amide bonds. The van der Waals surface area contributed by atoms with Crippen molar-refractivity contribution in [2.24, 2.45) is 0 Å². The van der Waals surface area contributed by atoms with Crippen LogP contribution in [0, 0.1) is 0 Å².